The van der Waals surface area contributed by atoms with E-state index >= 15 is 0 Å². The van der Waals surface area contributed by atoms with E-state index in [2.05, 4.69) is 0 Å². The second-order valence-corrected chi connectivity index (χ2v) is 9.25. The predicted octanol–water partition coefficient (Wildman–Crippen LogP) is 6.16. The van der Waals surface area contributed by atoms with E-state index in [0.717, 1.165) is 11.6 Å². The number of hydrogen-bond donors (Lipinski definition) is 4. The van der Waals surface area contributed by atoms with E-state index in [9.17, 15) is 30.0 Å². The number of ether oxygens (including phenoxy) is 1. The molecule has 9 heteroatoms. The van der Waals surface area contributed by atoms with Crippen LogP contribution in [0, 0.1) is 6.92 Å². The van der Waals surface area contributed by atoms with E-state index in [1.165, 1.54) is 36.4 Å². The molecule has 40 heavy (non-hydrogen) atoms. The smallest absolute Gasteiger partial charge is 0.197 e. The van der Waals surface area contributed by atoms with Gasteiger partial charge in [0.25, 0.3) is 0 Å². The first-order chi connectivity index (χ1) is 19.2. The average Bonchev–Trinajstić information content (AvgIpc) is 2.89. The standard InChI is InChI=1S/C31H20O9/c1-15-8-21(34)30-24(37)14-27(40-28(30)9-15)17-4-7-25(20(33)10-17)38-19-5-2-16(3-6-19)26-13-23(36)31-22(35)11-18(32)12-29(31)39-26/h2-14,32-35H,1H3. The molecule has 0 fully saturated rings. The zero-order chi connectivity index (χ0) is 28.1. The Morgan fingerprint density at radius 1 is 0.600 bits per heavy atom. The Labute approximate surface area is 225 Å². The number of rotatable bonds is 4. The Bertz CT molecular complexity index is 2070. The number of benzene rings is 4. The summed E-state index contributed by atoms with van der Waals surface area (Å²) in [4.78, 5) is 25.1. The van der Waals surface area contributed by atoms with Crippen molar-refractivity contribution in [2.75, 3.05) is 0 Å². The van der Waals surface area contributed by atoms with Crippen molar-refractivity contribution >= 4 is 21.9 Å². The molecule has 6 rings (SSSR count). The van der Waals surface area contributed by atoms with Gasteiger partial charge < -0.3 is 34.0 Å². The zero-order valence-corrected chi connectivity index (χ0v) is 20.8. The third-order valence-electron chi connectivity index (χ3n) is 6.36. The lowest BCUT2D eigenvalue weighted by Gasteiger charge is -2.11. The van der Waals surface area contributed by atoms with E-state index in [0.29, 0.717) is 16.9 Å². The zero-order valence-electron chi connectivity index (χ0n) is 20.8. The highest BCUT2D eigenvalue weighted by Gasteiger charge is 2.15. The van der Waals surface area contributed by atoms with Crippen molar-refractivity contribution in [3.05, 3.63) is 105 Å². The summed E-state index contributed by atoms with van der Waals surface area (Å²) < 4.78 is 17.4. The summed E-state index contributed by atoms with van der Waals surface area (Å²) >= 11 is 0. The van der Waals surface area contributed by atoms with E-state index in [-0.39, 0.29) is 62.2 Å². The average molecular weight is 536 g/mol. The van der Waals surface area contributed by atoms with Crippen molar-refractivity contribution in [3.63, 3.8) is 0 Å². The SMILES string of the molecule is Cc1cc(O)c2c(=O)cc(-c3ccc(Oc4ccc(-c5cc(=O)c6c(O)cc(O)cc6o5)cc4)c(O)c3)oc2c1. The van der Waals surface area contributed by atoms with E-state index < -0.39 is 10.9 Å². The first-order valence-corrected chi connectivity index (χ1v) is 12.1. The van der Waals surface area contributed by atoms with Crippen LogP contribution >= 0.6 is 0 Å². The fourth-order valence-corrected chi connectivity index (χ4v) is 4.51. The third kappa shape index (κ3) is 4.35. The molecule has 0 atom stereocenters. The molecular formula is C31H20O9. The second kappa shape index (κ2) is 9.25. The molecule has 4 N–H and O–H groups in total. The van der Waals surface area contributed by atoms with Crippen LogP contribution in [0.3, 0.4) is 0 Å². The van der Waals surface area contributed by atoms with Gasteiger partial charge in [-0.15, -0.1) is 0 Å². The second-order valence-electron chi connectivity index (χ2n) is 9.25. The maximum absolute atomic E-state index is 12.6. The van der Waals surface area contributed by atoms with Crippen LogP contribution in [0.2, 0.25) is 0 Å². The summed E-state index contributed by atoms with van der Waals surface area (Å²) in [5, 5.41) is 40.5. The molecule has 0 saturated heterocycles. The van der Waals surface area contributed by atoms with Crippen LogP contribution in [-0.2, 0) is 0 Å². The lowest BCUT2D eigenvalue weighted by molar-refractivity contribution is 0.411. The first-order valence-electron chi connectivity index (χ1n) is 12.1. The van der Waals surface area contributed by atoms with Crippen LogP contribution in [0.25, 0.3) is 44.6 Å². The highest BCUT2D eigenvalue weighted by Crippen LogP contribution is 2.37. The molecule has 0 aliphatic carbocycles. The largest absolute Gasteiger partial charge is 0.508 e. The number of fused-ring (bicyclic) bond motifs is 2. The van der Waals surface area contributed by atoms with Gasteiger partial charge in [-0.1, -0.05) is 0 Å². The van der Waals surface area contributed by atoms with Gasteiger partial charge in [0, 0.05) is 35.4 Å². The molecule has 0 unspecified atom stereocenters. The van der Waals surface area contributed by atoms with E-state index in [1.807, 2.05) is 0 Å². The van der Waals surface area contributed by atoms with Gasteiger partial charge in [0.15, 0.2) is 22.4 Å². The Kier molecular flexibility index (Phi) is 5.69. The fraction of sp³-hybridized carbons (Fsp3) is 0.0323. The third-order valence-corrected chi connectivity index (χ3v) is 6.36. The summed E-state index contributed by atoms with van der Waals surface area (Å²) in [5.41, 5.74) is 1.10. The summed E-state index contributed by atoms with van der Waals surface area (Å²) in [7, 11) is 0. The number of aromatic hydroxyl groups is 4. The van der Waals surface area contributed by atoms with Crippen molar-refractivity contribution in [1.29, 1.82) is 0 Å². The summed E-state index contributed by atoms with van der Waals surface area (Å²) in [6.07, 6.45) is 0. The number of phenolic OH excluding ortho intramolecular Hbond substituents is 4. The van der Waals surface area contributed by atoms with Crippen molar-refractivity contribution in [1.82, 2.24) is 0 Å². The quantitative estimate of drug-likeness (QED) is 0.208. The molecule has 0 aliphatic heterocycles. The van der Waals surface area contributed by atoms with E-state index in [1.54, 1.807) is 43.3 Å². The normalized spacial score (nSPS) is 11.2. The molecule has 0 amide bonds. The molecule has 198 valence electrons. The number of hydrogen-bond acceptors (Lipinski definition) is 9. The molecule has 2 aromatic heterocycles. The van der Waals surface area contributed by atoms with Crippen molar-refractivity contribution in [3.8, 4) is 57.1 Å². The van der Waals surface area contributed by atoms with Crippen LogP contribution in [0.15, 0.2) is 97.3 Å². The van der Waals surface area contributed by atoms with Gasteiger partial charge >= 0.3 is 0 Å². The molecule has 6 aromatic rings. The Hall–Kier alpha value is -5.70. The molecule has 9 nitrogen and oxygen atoms in total. The molecule has 4 aromatic carbocycles. The maximum atomic E-state index is 12.6. The van der Waals surface area contributed by atoms with Crippen LogP contribution in [0.1, 0.15) is 5.56 Å². The monoisotopic (exact) mass is 536 g/mol. The summed E-state index contributed by atoms with van der Waals surface area (Å²) in [5.74, 6) is 0.00319. The summed E-state index contributed by atoms with van der Waals surface area (Å²) in [6.45, 7) is 1.77. The maximum Gasteiger partial charge on any atom is 0.197 e. The van der Waals surface area contributed by atoms with Crippen LogP contribution < -0.4 is 15.6 Å². The lowest BCUT2D eigenvalue weighted by atomic mass is 10.1. The lowest BCUT2D eigenvalue weighted by Crippen LogP contribution is -2.01. The minimum absolute atomic E-state index is 0.0309. The molecule has 0 bridgehead atoms. The van der Waals surface area contributed by atoms with Gasteiger partial charge in [0.2, 0.25) is 0 Å². The van der Waals surface area contributed by atoms with Gasteiger partial charge in [0.05, 0.1) is 0 Å². The minimum Gasteiger partial charge on any atom is -0.508 e. The molecule has 2 heterocycles. The van der Waals surface area contributed by atoms with Gasteiger partial charge in [-0.3, -0.25) is 9.59 Å². The van der Waals surface area contributed by atoms with Crippen LogP contribution in [-0.4, -0.2) is 20.4 Å². The molecule has 0 spiro atoms. The highest BCUT2D eigenvalue weighted by molar-refractivity contribution is 5.86. The molecular weight excluding hydrogens is 516 g/mol. The number of phenols is 4. The fourth-order valence-electron chi connectivity index (χ4n) is 4.51. The van der Waals surface area contributed by atoms with Gasteiger partial charge in [0.1, 0.15) is 56.5 Å². The van der Waals surface area contributed by atoms with Crippen molar-refractivity contribution in [2.24, 2.45) is 0 Å². The van der Waals surface area contributed by atoms with E-state index in [4.69, 9.17) is 13.6 Å². The van der Waals surface area contributed by atoms with Crippen LogP contribution in [0.5, 0.6) is 34.5 Å². The Balaban J connectivity index is 1.27. The molecule has 0 saturated carbocycles. The number of aryl methyl sites for hydroxylation is 1. The Morgan fingerprint density at radius 3 is 1.82 bits per heavy atom. The van der Waals surface area contributed by atoms with Gasteiger partial charge in [-0.25, -0.2) is 0 Å². The topological polar surface area (TPSA) is 151 Å². The molecule has 0 aliphatic rings. The Morgan fingerprint density at radius 2 is 1.18 bits per heavy atom. The minimum atomic E-state index is -0.465. The van der Waals surface area contributed by atoms with Crippen molar-refractivity contribution < 1.29 is 34.0 Å². The van der Waals surface area contributed by atoms with Crippen LogP contribution in [0.4, 0.5) is 0 Å². The van der Waals surface area contributed by atoms with Gasteiger partial charge in [-0.05, 0) is 67.1 Å². The van der Waals surface area contributed by atoms with Crippen molar-refractivity contribution in [2.45, 2.75) is 6.92 Å². The first kappa shape index (κ1) is 24.6. The van der Waals surface area contributed by atoms with Gasteiger partial charge in [-0.2, -0.15) is 0 Å². The highest BCUT2D eigenvalue weighted by atomic mass is 16.5. The predicted molar refractivity (Wildman–Crippen MR) is 147 cm³/mol. The summed E-state index contributed by atoms with van der Waals surface area (Å²) in [6, 6.07) is 19.0. The molecule has 0 radical (unpaired) electrons.